The number of benzene rings is 3. The van der Waals surface area contributed by atoms with Gasteiger partial charge in [-0.3, -0.25) is 14.2 Å². The first-order chi connectivity index (χ1) is 24.5. The molecule has 1 saturated heterocycles. The minimum atomic E-state index is -4.76. The molecule has 11 nitrogen and oxygen atoms in total. The Labute approximate surface area is 294 Å². The lowest BCUT2D eigenvalue weighted by molar-refractivity contribution is -0.167. The summed E-state index contributed by atoms with van der Waals surface area (Å²) >= 11 is 0. The Morgan fingerprint density at radius 1 is 1.02 bits per heavy atom. The quantitative estimate of drug-likeness (QED) is 0.191. The summed E-state index contributed by atoms with van der Waals surface area (Å²) in [5.41, 5.74) is -0.869. The van der Waals surface area contributed by atoms with E-state index in [0.29, 0.717) is 39.7 Å². The van der Waals surface area contributed by atoms with Gasteiger partial charge in [0.1, 0.15) is 35.4 Å². The van der Waals surface area contributed by atoms with Crippen LogP contribution >= 0.6 is 0 Å². The fourth-order valence-electron chi connectivity index (χ4n) is 6.33. The van der Waals surface area contributed by atoms with E-state index in [1.54, 1.807) is 57.3 Å². The Morgan fingerprint density at radius 3 is 2.31 bits per heavy atom. The first-order valence-corrected chi connectivity index (χ1v) is 16.2. The maximum atomic E-state index is 15.5. The van der Waals surface area contributed by atoms with Crippen molar-refractivity contribution >= 4 is 28.3 Å². The van der Waals surface area contributed by atoms with Gasteiger partial charge in [0.25, 0.3) is 11.5 Å². The number of morpholine rings is 1. The summed E-state index contributed by atoms with van der Waals surface area (Å²) < 4.78 is 89.7. The number of rotatable bonds is 10. The summed E-state index contributed by atoms with van der Waals surface area (Å²) in [5.74, 6) is -5.18. The minimum Gasteiger partial charge on any atom is -0.459 e. The number of aromatic nitrogens is 2. The molecule has 0 saturated carbocycles. The van der Waals surface area contributed by atoms with E-state index >= 15 is 8.78 Å². The van der Waals surface area contributed by atoms with Crippen molar-refractivity contribution in [3.05, 3.63) is 97.8 Å². The van der Waals surface area contributed by atoms with Gasteiger partial charge in [-0.15, -0.1) is 0 Å². The number of hydrogen-bond donors (Lipinski definition) is 1. The van der Waals surface area contributed by atoms with Gasteiger partial charge in [-0.2, -0.15) is 13.2 Å². The van der Waals surface area contributed by atoms with Crippen LogP contribution in [0.1, 0.15) is 28.5 Å². The SMILES string of the molecule is COC[C@@H](C)OC(=O)[C@H](Cc1ccc(-c2c(C)n(C)c(=O)n(C)c2=O)c2ccccc12)NC(=O)c1c(F)cc(N2CCOC[C@@H]2C(F)(F)F)cc1F. The topological polar surface area (TPSA) is 121 Å². The number of halogens is 5. The van der Waals surface area contributed by atoms with Crippen LogP contribution in [0.3, 0.4) is 0 Å². The second-order valence-corrected chi connectivity index (χ2v) is 12.5. The van der Waals surface area contributed by atoms with Crippen molar-refractivity contribution in [3.8, 4) is 11.1 Å². The molecule has 1 amide bonds. The van der Waals surface area contributed by atoms with Gasteiger partial charge in [0.05, 0.1) is 25.4 Å². The number of methoxy groups -OCH3 is 1. The van der Waals surface area contributed by atoms with Crippen LogP contribution in [0.2, 0.25) is 0 Å². The number of carbonyl (C=O) groups is 2. The third-order valence-electron chi connectivity index (χ3n) is 9.07. The second kappa shape index (κ2) is 15.3. The molecule has 1 aromatic heterocycles. The molecule has 52 heavy (non-hydrogen) atoms. The molecule has 1 fully saturated rings. The maximum absolute atomic E-state index is 15.5. The Balaban J connectivity index is 1.52. The van der Waals surface area contributed by atoms with E-state index in [2.05, 4.69) is 5.32 Å². The molecule has 0 spiro atoms. The molecule has 3 aromatic carbocycles. The molecule has 16 heteroatoms. The van der Waals surface area contributed by atoms with Crippen molar-refractivity contribution in [1.29, 1.82) is 0 Å². The lowest BCUT2D eigenvalue weighted by Crippen LogP contribution is -2.53. The van der Waals surface area contributed by atoms with Gasteiger partial charge in [-0.05, 0) is 47.9 Å². The molecule has 2 heterocycles. The summed E-state index contributed by atoms with van der Waals surface area (Å²) in [7, 11) is 4.30. The summed E-state index contributed by atoms with van der Waals surface area (Å²) in [6.07, 6.45) is -5.77. The van der Waals surface area contributed by atoms with Crippen molar-refractivity contribution in [2.45, 2.75) is 44.6 Å². The van der Waals surface area contributed by atoms with Crippen molar-refractivity contribution in [2.75, 3.05) is 38.4 Å². The van der Waals surface area contributed by atoms with Gasteiger partial charge in [0, 0.05) is 45.6 Å². The van der Waals surface area contributed by atoms with Gasteiger partial charge >= 0.3 is 17.8 Å². The molecular weight excluding hydrogens is 695 g/mol. The van der Waals surface area contributed by atoms with Crippen LogP contribution in [-0.4, -0.2) is 78.8 Å². The molecule has 0 aliphatic carbocycles. The van der Waals surface area contributed by atoms with Gasteiger partial charge in [0.2, 0.25) is 0 Å². The highest BCUT2D eigenvalue weighted by Gasteiger charge is 2.46. The number of amides is 1. The summed E-state index contributed by atoms with van der Waals surface area (Å²) in [4.78, 5) is 53.6. The Hall–Kier alpha value is -5.09. The summed E-state index contributed by atoms with van der Waals surface area (Å²) in [6.45, 7) is 2.04. The standard InChI is InChI=1S/C36H37F5N4O7/c1-19(17-50-5)52-34(48)28(42-32(46)31-26(37)15-22(16-27(31)38)45-12-13-51-18-29(45)36(39,40)41)14-21-10-11-25(24-9-7-6-8-23(21)24)30-20(2)43(3)35(49)44(4)33(30)47/h6-11,15-16,19,28-29H,12-14,17-18H2,1-5H3,(H,42,46)/t19-,28+,29-/m1/s1. The third kappa shape index (κ3) is 7.58. The number of esters is 1. The number of anilines is 1. The number of carbonyl (C=O) groups excluding carboxylic acids is 2. The molecule has 0 radical (unpaired) electrons. The highest BCUT2D eigenvalue weighted by atomic mass is 19.4. The zero-order valence-corrected chi connectivity index (χ0v) is 29.0. The van der Waals surface area contributed by atoms with Crippen LogP contribution in [0.4, 0.5) is 27.6 Å². The molecule has 1 aliphatic heterocycles. The number of nitrogens with one attached hydrogen (secondary N) is 1. The lowest BCUT2D eigenvalue weighted by Gasteiger charge is -2.38. The van der Waals surface area contributed by atoms with Crippen LogP contribution < -0.4 is 21.5 Å². The van der Waals surface area contributed by atoms with Crippen molar-refractivity contribution in [1.82, 2.24) is 14.5 Å². The highest BCUT2D eigenvalue weighted by Crippen LogP contribution is 2.34. The van der Waals surface area contributed by atoms with E-state index in [0.717, 1.165) is 9.47 Å². The van der Waals surface area contributed by atoms with Crippen LogP contribution in [0, 0.1) is 18.6 Å². The number of alkyl halides is 3. The Morgan fingerprint density at radius 2 is 1.67 bits per heavy atom. The molecule has 4 aromatic rings. The van der Waals surface area contributed by atoms with Crippen LogP contribution in [0.25, 0.3) is 21.9 Å². The molecule has 1 N–H and O–H groups in total. The fourth-order valence-corrected chi connectivity index (χ4v) is 6.33. The number of hydrogen-bond acceptors (Lipinski definition) is 8. The van der Waals surface area contributed by atoms with Gasteiger partial charge in [-0.1, -0.05) is 36.4 Å². The molecule has 3 atom stereocenters. The van der Waals surface area contributed by atoms with Crippen LogP contribution in [-0.2, 0) is 39.5 Å². The molecule has 0 unspecified atom stereocenters. The predicted octanol–water partition coefficient (Wildman–Crippen LogP) is 4.18. The molecule has 278 valence electrons. The predicted molar refractivity (Wildman–Crippen MR) is 181 cm³/mol. The monoisotopic (exact) mass is 732 g/mol. The Kier molecular flexibility index (Phi) is 11.2. The first kappa shape index (κ1) is 38.1. The van der Waals surface area contributed by atoms with E-state index in [-0.39, 0.29) is 31.7 Å². The van der Waals surface area contributed by atoms with E-state index in [4.69, 9.17) is 14.2 Å². The molecule has 5 rings (SSSR count). The fraction of sp³-hybridized carbons (Fsp3) is 0.389. The normalized spacial score (nSPS) is 16.1. The highest BCUT2D eigenvalue weighted by molar-refractivity contribution is 6.00. The van der Waals surface area contributed by atoms with E-state index in [9.17, 15) is 32.3 Å². The van der Waals surface area contributed by atoms with Crippen molar-refractivity contribution in [3.63, 3.8) is 0 Å². The second-order valence-electron chi connectivity index (χ2n) is 12.5. The minimum absolute atomic E-state index is 0.00307. The average molecular weight is 733 g/mol. The van der Waals surface area contributed by atoms with E-state index in [1.807, 2.05) is 0 Å². The number of ether oxygens (including phenoxy) is 3. The van der Waals surface area contributed by atoms with Gasteiger partial charge in [0.15, 0.2) is 0 Å². The number of fused-ring (bicyclic) bond motifs is 1. The maximum Gasteiger partial charge on any atom is 0.411 e. The third-order valence-corrected chi connectivity index (χ3v) is 9.07. The smallest absolute Gasteiger partial charge is 0.411 e. The van der Waals surface area contributed by atoms with E-state index < -0.39 is 77.0 Å². The molecular formula is C36H37F5N4O7. The number of nitrogens with zero attached hydrogens (tertiary/aromatic N) is 3. The lowest BCUT2D eigenvalue weighted by atomic mass is 9.92. The zero-order valence-electron chi connectivity index (χ0n) is 29.0. The van der Waals surface area contributed by atoms with Gasteiger partial charge < -0.3 is 29.0 Å². The average Bonchev–Trinajstić information content (AvgIpc) is 3.09. The summed E-state index contributed by atoms with van der Waals surface area (Å²) in [6, 6.07) is 7.79. The van der Waals surface area contributed by atoms with E-state index in [1.165, 1.54) is 18.7 Å². The van der Waals surface area contributed by atoms with Crippen LogP contribution in [0.5, 0.6) is 0 Å². The molecule has 1 aliphatic rings. The first-order valence-electron chi connectivity index (χ1n) is 16.2. The molecule has 0 bridgehead atoms. The zero-order chi connectivity index (χ0) is 38.1. The summed E-state index contributed by atoms with van der Waals surface area (Å²) in [5, 5.41) is 3.50. The van der Waals surface area contributed by atoms with Crippen molar-refractivity contribution < 1.29 is 45.8 Å². The Bertz CT molecular complexity index is 2110. The van der Waals surface area contributed by atoms with Crippen molar-refractivity contribution in [2.24, 2.45) is 14.1 Å². The van der Waals surface area contributed by atoms with Gasteiger partial charge in [-0.25, -0.2) is 18.4 Å². The largest absolute Gasteiger partial charge is 0.459 e. The van der Waals surface area contributed by atoms with Crippen LogP contribution in [0.15, 0.2) is 58.1 Å².